The topological polar surface area (TPSA) is 328 Å². The molecule has 676 valence electrons. The molecular weight excluding hydrogens is 1650 g/mol. The van der Waals surface area contributed by atoms with Crippen LogP contribution in [-0.4, -0.2) is 149 Å². The molecule has 4 aliphatic heterocycles. The van der Waals surface area contributed by atoms with Crippen LogP contribution in [0.4, 0.5) is 47.1 Å². The van der Waals surface area contributed by atoms with Crippen LogP contribution in [0.3, 0.4) is 0 Å². The van der Waals surface area contributed by atoms with E-state index >= 15 is 0 Å². The average Bonchev–Trinajstić information content (AvgIpc) is 1.61. The lowest BCUT2D eigenvalue weighted by Crippen LogP contribution is -2.38. The molecule has 4 aliphatic carbocycles. The third-order valence-corrected chi connectivity index (χ3v) is 29.2. The fourth-order valence-corrected chi connectivity index (χ4v) is 21.7. The molecule has 2 amide bonds. The van der Waals surface area contributed by atoms with Crippen molar-refractivity contribution in [2.75, 3.05) is 60.7 Å². The molecule has 4 fully saturated rings. The van der Waals surface area contributed by atoms with Crippen molar-refractivity contribution in [2.24, 2.45) is 23.7 Å². The lowest BCUT2D eigenvalue weighted by molar-refractivity contribution is -0.135. The van der Waals surface area contributed by atoms with E-state index < -0.39 is 13.2 Å². The quantitative estimate of drug-likeness (QED) is 0.0501. The maximum absolute atomic E-state index is 11.9. The molecule has 28 nitrogen and oxygen atoms in total. The number of nitrogens with one attached hydrogen (secondary N) is 6. The molecule has 8 aliphatic rings. The SMILES string of the molecule is CC1CCC(n2c3ccccc3c3cnc(Nc4cc5c(cn4)CN(C(=O)CO)CC5)nc32)CC1.CC1CCC(n2c3ccccc3c3cnc(Nc4cc5c(cn4)CNCC5)nc32)CC1.CC1CCC(n2c3ccccc3c3cnc(Nc4ccc5c(n4)CN(C(=O)CO)CC5)nc32)CC1.CC1CCC(n2c3ccccc3c3cnc(Nc4ccc5c(n4)CNCC5)nc32)CC1. The summed E-state index contributed by atoms with van der Waals surface area (Å²) in [6, 6.07) is 48.5. The lowest BCUT2D eigenvalue weighted by atomic mass is 9.87. The van der Waals surface area contributed by atoms with Crippen LogP contribution in [-0.2, 0) is 61.5 Å². The van der Waals surface area contributed by atoms with Crippen LogP contribution in [0, 0.1) is 23.7 Å². The van der Waals surface area contributed by atoms with Crippen molar-refractivity contribution in [3.05, 3.63) is 215 Å². The highest BCUT2D eigenvalue weighted by Crippen LogP contribution is 2.45. The standard InChI is InChI=1S/2C27H30N6O2.2C25H28N6/c1-17-6-9-19(10-7-17)33-23-5-3-2-4-20(23)21-14-28-27(31-26(21)33)30-24-11-8-18-12-13-32(25(35)16-34)15-22(18)29-24;1-17-6-8-20(9-7-17)33-23-5-3-2-4-21(23)22-14-29-27(31-26(22)33)30-24-12-18-10-11-32(25(35)16-34)15-19(18)13-28-24;1-16-6-9-18(10-7-16)31-22-5-3-2-4-19(22)20-14-27-25(30-24(20)31)29-23-11-8-17-12-13-26-15-21(17)28-23;1-16-6-8-19(9-7-16)31-22-5-3-2-4-20(22)21-15-28-25(30-24(21)31)29-23-12-17-10-11-26-13-18(17)14-27-23/h2-5,8,11,14,17,19,34H,6-7,9-10,12-13,15-16H2,1H3,(H,28,29,30,31);2-5,12-14,17,20,34H,6-11,15-16H2,1H3,(H,28,29,30,31);2-5,8,11,14,16,18,26H,6-7,9-10,12-13,15H2,1H3,(H,27,28,29,30);2-5,12,14-16,19,26H,6-11,13H2,1H3,(H,27,28,29,30). The molecule has 0 bridgehead atoms. The summed E-state index contributed by atoms with van der Waals surface area (Å²) in [5.74, 6) is 7.92. The normalized spacial score (nSPS) is 20.7. The summed E-state index contributed by atoms with van der Waals surface area (Å²) in [5.41, 5.74) is 18.1. The third-order valence-electron chi connectivity index (χ3n) is 29.2. The van der Waals surface area contributed by atoms with Gasteiger partial charge in [0.15, 0.2) is 0 Å². The zero-order chi connectivity index (χ0) is 89.5. The Morgan fingerprint density at radius 3 is 1.05 bits per heavy atom. The number of fused-ring (bicyclic) bond motifs is 16. The first-order valence-corrected chi connectivity index (χ1v) is 48.0. The number of anilines is 8. The Bertz CT molecular complexity index is 6770. The zero-order valence-electron chi connectivity index (χ0n) is 75.8. The van der Waals surface area contributed by atoms with E-state index in [0.29, 0.717) is 85.8 Å². The third kappa shape index (κ3) is 17.6. The molecule has 4 aromatic carbocycles. The van der Waals surface area contributed by atoms with E-state index in [4.69, 9.17) is 35.0 Å². The average molecular weight is 1770 g/mol. The molecule has 0 atom stereocenters. The Kier molecular flexibility index (Phi) is 24.5. The number of carbonyl (C=O) groups excluding carboxylic acids is 2. The molecule has 12 aromatic heterocycles. The number of aliphatic hydroxyl groups is 2. The molecule has 0 radical (unpaired) electrons. The minimum Gasteiger partial charge on any atom is -0.387 e. The van der Waals surface area contributed by atoms with Gasteiger partial charge in [-0.3, -0.25) is 9.59 Å². The number of amides is 2. The van der Waals surface area contributed by atoms with Gasteiger partial charge >= 0.3 is 0 Å². The van der Waals surface area contributed by atoms with Gasteiger partial charge in [-0.25, -0.2) is 39.9 Å². The molecule has 24 rings (SSSR count). The van der Waals surface area contributed by atoms with Gasteiger partial charge in [-0.1, -0.05) is 113 Å². The van der Waals surface area contributed by atoms with Crippen LogP contribution in [0.1, 0.15) is 199 Å². The molecular formula is C104H116N24O4. The van der Waals surface area contributed by atoms with Gasteiger partial charge in [0.2, 0.25) is 35.6 Å². The van der Waals surface area contributed by atoms with Crippen molar-refractivity contribution in [3.63, 3.8) is 0 Å². The van der Waals surface area contributed by atoms with E-state index in [1.807, 2.05) is 55.2 Å². The minimum absolute atomic E-state index is 0.248. The second kappa shape index (κ2) is 37.7. The zero-order valence-corrected chi connectivity index (χ0v) is 75.8. The number of benzene rings is 4. The molecule has 0 saturated heterocycles. The summed E-state index contributed by atoms with van der Waals surface area (Å²) in [4.78, 5) is 84.3. The van der Waals surface area contributed by atoms with Gasteiger partial charge in [-0.15, -0.1) is 0 Å². The summed E-state index contributed by atoms with van der Waals surface area (Å²) < 4.78 is 9.78. The molecule has 8 N–H and O–H groups in total. The Labute approximate surface area is 766 Å². The second-order valence-corrected chi connectivity index (χ2v) is 38.0. The first-order chi connectivity index (χ1) is 64.7. The maximum atomic E-state index is 11.9. The first kappa shape index (κ1) is 85.7. The van der Waals surface area contributed by atoms with E-state index in [9.17, 15) is 14.7 Å². The van der Waals surface area contributed by atoms with Crippen molar-refractivity contribution in [2.45, 2.75) is 206 Å². The molecule has 132 heavy (non-hydrogen) atoms. The summed E-state index contributed by atoms with van der Waals surface area (Å²) in [7, 11) is 0. The van der Waals surface area contributed by atoms with Crippen LogP contribution in [0.15, 0.2) is 171 Å². The van der Waals surface area contributed by atoms with E-state index in [2.05, 4.69) is 217 Å². The minimum atomic E-state index is -0.477. The number of aromatic nitrogens is 16. The van der Waals surface area contributed by atoms with Gasteiger partial charge in [-0.05, 0) is 247 Å². The van der Waals surface area contributed by atoms with Gasteiger partial charge < -0.3 is 70.2 Å². The van der Waals surface area contributed by atoms with Gasteiger partial charge in [0, 0.05) is 137 Å². The predicted octanol–water partition coefficient (Wildman–Crippen LogP) is 18.9. The highest BCUT2D eigenvalue weighted by atomic mass is 16.3. The van der Waals surface area contributed by atoms with Crippen LogP contribution in [0.25, 0.3) is 87.7 Å². The lowest BCUT2D eigenvalue weighted by Gasteiger charge is -2.28. The van der Waals surface area contributed by atoms with E-state index in [1.54, 1.807) is 16.0 Å². The molecule has 28 heteroatoms. The number of hydrogen-bond donors (Lipinski definition) is 8. The fourth-order valence-electron chi connectivity index (χ4n) is 21.7. The number of carbonyl (C=O) groups is 2. The molecule has 4 saturated carbocycles. The first-order valence-electron chi connectivity index (χ1n) is 48.0. The number of pyridine rings is 4. The molecule has 16 heterocycles. The number of nitrogens with zero attached hydrogens (tertiary/aromatic N) is 18. The summed E-state index contributed by atoms with van der Waals surface area (Å²) in [6.45, 7) is 14.3. The Hall–Kier alpha value is -13.0. The van der Waals surface area contributed by atoms with Crippen LogP contribution >= 0.6 is 0 Å². The maximum Gasteiger partial charge on any atom is 0.248 e. The summed E-state index contributed by atoms with van der Waals surface area (Å²) in [5, 5.41) is 47.7. The van der Waals surface area contributed by atoms with Crippen molar-refractivity contribution in [1.82, 2.24) is 98.5 Å². The van der Waals surface area contributed by atoms with Crippen molar-refractivity contribution in [1.29, 1.82) is 0 Å². The Morgan fingerprint density at radius 1 is 0.326 bits per heavy atom. The van der Waals surface area contributed by atoms with Gasteiger partial charge in [-0.2, -0.15) is 19.9 Å². The van der Waals surface area contributed by atoms with Crippen LogP contribution < -0.4 is 31.9 Å². The van der Waals surface area contributed by atoms with Gasteiger partial charge in [0.1, 0.15) is 59.1 Å². The van der Waals surface area contributed by atoms with Gasteiger partial charge in [0.25, 0.3) is 0 Å². The highest BCUT2D eigenvalue weighted by molar-refractivity contribution is 6.09. The molecule has 0 spiro atoms. The number of rotatable bonds is 14. The monoisotopic (exact) mass is 1760 g/mol. The van der Waals surface area contributed by atoms with E-state index in [0.717, 1.165) is 172 Å². The van der Waals surface area contributed by atoms with E-state index in [1.165, 1.54) is 150 Å². The Balaban J connectivity index is 0.000000106. The largest absolute Gasteiger partial charge is 0.387 e. The van der Waals surface area contributed by atoms with E-state index in [-0.39, 0.29) is 11.8 Å². The number of para-hydroxylation sites is 4. The smallest absolute Gasteiger partial charge is 0.248 e. The van der Waals surface area contributed by atoms with Crippen LogP contribution in [0.5, 0.6) is 0 Å². The predicted molar refractivity (Wildman–Crippen MR) is 520 cm³/mol. The van der Waals surface area contributed by atoms with Crippen LogP contribution in [0.2, 0.25) is 0 Å². The van der Waals surface area contributed by atoms with Crippen molar-refractivity contribution < 1.29 is 19.8 Å². The fraction of sp³-hybridized carbons (Fsp3) is 0.404. The molecule has 0 unspecified atom stereocenters. The van der Waals surface area contributed by atoms with Crippen molar-refractivity contribution in [3.8, 4) is 0 Å². The summed E-state index contributed by atoms with van der Waals surface area (Å²) >= 11 is 0. The second-order valence-electron chi connectivity index (χ2n) is 38.0. The number of hydrogen-bond acceptors (Lipinski definition) is 22. The molecule has 16 aromatic rings. The summed E-state index contributed by atoms with van der Waals surface area (Å²) in [6.07, 6.45) is 34.7. The Morgan fingerprint density at radius 2 is 0.652 bits per heavy atom. The van der Waals surface area contributed by atoms with Crippen molar-refractivity contribution >= 4 is 147 Å². The number of aliphatic hydroxyl groups excluding tert-OH is 2. The highest BCUT2D eigenvalue weighted by Gasteiger charge is 2.32. The van der Waals surface area contributed by atoms with Gasteiger partial charge in [0.05, 0.1) is 40.0 Å².